The fourth-order valence-corrected chi connectivity index (χ4v) is 10.1. The highest BCUT2D eigenvalue weighted by Gasteiger charge is 2.24. The molecule has 0 radical (unpaired) electrons. The summed E-state index contributed by atoms with van der Waals surface area (Å²) >= 11 is 0. The Balaban J connectivity index is 0.886. The van der Waals surface area contributed by atoms with Crippen molar-refractivity contribution in [2.24, 2.45) is 0 Å². The summed E-state index contributed by atoms with van der Waals surface area (Å²) in [7, 11) is 0. The minimum absolute atomic E-state index is 0.303. The molecule has 0 heterocycles. The molecule has 0 aliphatic rings. The van der Waals surface area contributed by atoms with Crippen molar-refractivity contribution in [3.8, 4) is 55.6 Å². The molecule has 330 valence electrons. The minimum atomic E-state index is 0.303. The maximum atomic E-state index is 2.41. The molecule has 10 rings (SSSR count). The molecule has 0 aliphatic carbocycles. The Morgan fingerprint density at radius 2 is 0.397 bits per heavy atom. The molecular weight excluding hydrogens is 817 g/mol. The van der Waals surface area contributed by atoms with Gasteiger partial charge in [-0.2, -0.15) is 0 Å². The highest BCUT2D eigenvalue weighted by atomic mass is 14.3. The first-order valence-corrected chi connectivity index (χ1v) is 24.3. The van der Waals surface area contributed by atoms with E-state index in [1.807, 2.05) is 0 Å². The Kier molecular flexibility index (Phi) is 13.5. The van der Waals surface area contributed by atoms with Gasteiger partial charge in [0.25, 0.3) is 0 Å². The van der Waals surface area contributed by atoms with Crippen molar-refractivity contribution >= 4 is 0 Å². The summed E-state index contributed by atoms with van der Waals surface area (Å²) in [5.41, 5.74) is 20.6. The molecule has 0 nitrogen and oxygen atoms in total. The first kappa shape index (κ1) is 44.1. The van der Waals surface area contributed by atoms with Crippen LogP contribution in [0.1, 0.15) is 70.9 Å². The van der Waals surface area contributed by atoms with Crippen molar-refractivity contribution < 1.29 is 0 Å². The molecule has 4 atom stereocenters. The van der Waals surface area contributed by atoms with E-state index in [9.17, 15) is 0 Å². The molecule has 0 bridgehead atoms. The topological polar surface area (TPSA) is 0 Å². The quantitative estimate of drug-likeness (QED) is 0.0963. The maximum Gasteiger partial charge on any atom is -0.00553 e. The van der Waals surface area contributed by atoms with Crippen LogP contribution in [0.4, 0.5) is 0 Å². The largest absolute Gasteiger partial charge is 0.0622 e. The number of hydrogen-bond acceptors (Lipinski definition) is 0. The van der Waals surface area contributed by atoms with Gasteiger partial charge in [-0.05, 0) is 126 Å². The summed E-state index contributed by atoms with van der Waals surface area (Å²) in [5, 5.41) is 0. The molecule has 68 heavy (non-hydrogen) atoms. The van der Waals surface area contributed by atoms with Crippen molar-refractivity contribution in [1.29, 1.82) is 0 Å². The van der Waals surface area contributed by atoms with Crippen LogP contribution >= 0.6 is 0 Å². The Bertz CT molecular complexity index is 2880. The van der Waals surface area contributed by atoms with E-state index in [1.165, 1.54) is 89.0 Å². The van der Waals surface area contributed by atoms with Gasteiger partial charge in [-0.25, -0.2) is 0 Å². The summed E-state index contributed by atoms with van der Waals surface area (Å²) in [4.78, 5) is 0. The molecule has 10 aromatic carbocycles. The summed E-state index contributed by atoms with van der Waals surface area (Å²) in [5.74, 6) is 1.21. The summed E-state index contributed by atoms with van der Waals surface area (Å²) < 4.78 is 0. The van der Waals surface area contributed by atoms with Gasteiger partial charge in [-0.1, -0.05) is 281 Å². The maximum absolute atomic E-state index is 2.41. The van der Waals surface area contributed by atoms with E-state index in [2.05, 4.69) is 281 Å². The summed E-state index contributed by atoms with van der Waals surface area (Å²) in [6.45, 7) is 4.81. The van der Waals surface area contributed by atoms with Crippen molar-refractivity contribution in [3.05, 3.63) is 300 Å². The molecule has 0 spiro atoms. The average Bonchev–Trinajstić information content (AvgIpc) is 3.43. The Morgan fingerprint density at radius 3 is 0.632 bits per heavy atom. The molecule has 10 aromatic rings. The van der Waals surface area contributed by atoms with Gasteiger partial charge in [-0.3, -0.25) is 0 Å². The third-order valence-electron chi connectivity index (χ3n) is 14.3. The Labute approximate surface area is 404 Å². The highest BCUT2D eigenvalue weighted by molar-refractivity contribution is 5.68. The SMILES string of the molecule is CC(c1ccc(-c2ccc(C(C)C(Cc3ccc(-c4ccccc4)cc3)c3ccc(-c4ccccc4)cc3)cc2)cc1)C(Cc1ccc(-c2ccccc2)cc1)c1ccc(-c2ccccc2)cc1. The monoisotopic (exact) mass is 874 g/mol. The van der Waals surface area contributed by atoms with Gasteiger partial charge >= 0.3 is 0 Å². The van der Waals surface area contributed by atoms with E-state index in [-0.39, 0.29) is 0 Å². The van der Waals surface area contributed by atoms with Crippen molar-refractivity contribution in [2.75, 3.05) is 0 Å². The number of benzene rings is 10. The van der Waals surface area contributed by atoms with Crippen LogP contribution in [0, 0.1) is 0 Å². The smallest absolute Gasteiger partial charge is 0.00553 e. The molecular formula is C68H58. The van der Waals surface area contributed by atoms with E-state index in [0.29, 0.717) is 23.7 Å². The lowest BCUT2D eigenvalue weighted by Gasteiger charge is -2.26. The van der Waals surface area contributed by atoms with Crippen LogP contribution < -0.4 is 0 Å². The predicted octanol–water partition coefficient (Wildman–Crippen LogP) is 18.3. The van der Waals surface area contributed by atoms with E-state index in [4.69, 9.17) is 0 Å². The summed E-state index contributed by atoms with van der Waals surface area (Å²) in [6, 6.07) is 98.4. The second kappa shape index (κ2) is 20.8. The van der Waals surface area contributed by atoms with Crippen LogP contribution in [0.2, 0.25) is 0 Å². The minimum Gasteiger partial charge on any atom is -0.0622 e. The lowest BCUT2D eigenvalue weighted by molar-refractivity contribution is 0.572. The molecule has 0 saturated carbocycles. The molecule has 0 N–H and O–H groups in total. The van der Waals surface area contributed by atoms with Crippen molar-refractivity contribution in [2.45, 2.75) is 50.4 Å². The molecule has 0 saturated heterocycles. The van der Waals surface area contributed by atoms with E-state index in [0.717, 1.165) is 12.8 Å². The summed E-state index contributed by atoms with van der Waals surface area (Å²) in [6.07, 6.45) is 1.92. The fraction of sp³-hybridized carbons (Fsp3) is 0.118. The van der Waals surface area contributed by atoms with E-state index < -0.39 is 0 Å². The second-order valence-corrected chi connectivity index (χ2v) is 18.5. The average molecular weight is 875 g/mol. The van der Waals surface area contributed by atoms with E-state index >= 15 is 0 Å². The Hall–Kier alpha value is -7.80. The first-order valence-electron chi connectivity index (χ1n) is 24.3. The van der Waals surface area contributed by atoms with Crippen LogP contribution in [-0.4, -0.2) is 0 Å². The molecule has 0 fully saturated rings. The number of rotatable bonds is 15. The zero-order valence-corrected chi connectivity index (χ0v) is 39.1. The highest BCUT2D eigenvalue weighted by Crippen LogP contribution is 2.40. The zero-order valence-electron chi connectivity index (χ0n) is 39.1. The van der Waals surface area contributed by atoms with Gasteiger partial charge in [-0.15, -0.1) is 0 Å². The predicted molar refractivity (Wildman–Crippen MR) is 289 cm³/mol. The van der Waals surface area contributed by atoms with Crippen molar-refractivity contribution in [1.82, 2.24) is 0 Å². The first-order chi connectivity index (χ1) is 33.5. The lowest BCUT2D eigenvalue weighted by Crippen LogP contribution is -2.12. The van der Waals surface area contributed by atoms with Crippen LogP contribution in [0.5, 0.6) is 0 Å². The molecule has 0 aliphatic heterocycles. The standard InChI is InChI=1S/C68H58/c1-49(67(65-43-39-61(40-44-65)57-19-11-5-12-20-57)47-51-23-27-59(28-24-51)55-15-7-3-8-16-55)53-31-35-63(36-32-53)64-37-33-54(34-38-64)50(2)68(66-45-41-62(42-46-66)58-21-13-6-14-22-58)48-52-25-29-60(30-26-52)56-17-9-4-10-18-56/h3-46,49-50,67-68H,47-48H2,1-2H3. The van der Waals surface area contributed by atoms with Gasteiger partial charge in [0.15, 0.2) is 0 Å². The third kappa shape index (κ3) is 10.3. The van der Waals surface area contributed by atoms with Gasteiger partial charge in [0, 0.05) is 0 Å². The van der Waals surface area contributed by atoms with Crippen LogP contribution in [-0.2, 0) is 12.8 Å². The lowest BCUT2D eigenvalue weighted by atomic mass is 9.78. The van der Waals surface area contributed by atoms with Gasteiger partial charge in [0.1, 0.15) is 0 Å². The molecule has 4 unspecified atom stereocenters. The van der Waals surface area contributed by atoms with Crippen molar-refractivity contribution in [3.63, 3.8) is 0 Å². The van der Waals surface area contributed by atoms with Gasteiger partial charge in [0.2, 0.25) is 0 Å². The second-order valence-electron chi connectivity index (χ2n) is 18.5. The molecule has 0 heteroatoms. The fourth-order valence-electron chi connectivity index (χ4n) is 10.1. The zero-order chi connectivity index (χ0) is 46.1. The normalized spacial score (nSPS) is 13.0. The van der Waals surface area contributed by atoms with Crippen LogP contribution in [0.15, 0.2) is 267 Å². The van der Waals surface area contributed by atoms with Crippen LogP contribution in [0.25, 0.3) is 55.6 Å². The third-order valence-corrected chi connectivity index (χ3v) is 14.3. The van der Waals surface area contributed by atoms with Crippen LogP contribution in [0.3, 0.4) is 0 Å². The van der Waals surface area contributed by atoms with Gasteiger partial charge < -0.3 is 0 Å². The van der Waals surface area contributed by atoms with Gasteiger partial charge in [0.05, 0.1) is 0 Å². The van der Waals surface area contributed by atoms with E-state index in [1.54, 1.807) is 0 Å². The number of hydrogen-bond donors (Lipinski definition) is 0. The molecule has 0 aromatic heterocycles. The Morgan fingerprint density at radius 1 is 0.206 bits per heavy atom. The molecule has 0 amide bonds.